The zero-order chi connectivity index (χ0) is 10.6. The molecule has 0 aromatic carbocycles. The lowest BCUT2D eigenvalue weighted by Gasteiger charge is -2.21. The fourth-order valence-corrected chi connectivity index (χ4v) is 1.84. The predicted molar refractivity (Wildman–Crippen MR) is 60.0 cm³/mol. The van der Waals surface area contributed by atoms with E-state index in [9.17, 15) is 0 Å². The van der Waals surface area contributed by atoms with Gasteiger partial charge in [0.05, 0.1) is 0 Å². The van der Waals surface area contributed by atoms with Crippen LogP contribution in [0.15, 0.2) is 18.3 Å². The summed E-state index contributed by atoms with van der Waals surface area (Å²) in [6.07, 6.45) is 4.12. The van der Waals surface area contributed by atoms with E-state index in [1.54, 1.807) is 0 Å². The summed E-state index contributed by atoms with van der Waals surface area (Å²) in [6, 6.07) is 4.27. The molecule has 0 aliphatic carbocycles. The molecule has 1 heterocycles. The van der Waals surface area contributed by atoms with Crippen LogP contribution in [-0.2, 0) is 0 Å². The molecule has 0 radical (unpaired) electrons. The summed E-state index contributed by atoms with van der Waals surface area (Å²) in [5, 5.41) is 0. The average molecular weight is 192 g/mol. The van der Waals surface area contributed by atoms with Gasteiger partial charge in [0.25, 0.3) is 0 Å². The zero-order valence-corrected chi connectivity index (χ0v) is 9.33. The fraction of sp³-hybridized carbons (Fsp3) is 0.583. The quantitative estimate of drug-likeness (QED) is 0.796. The van der Waals surface area contributed by atoms with Crippen LogP contribution < -0.4 is 5.73 Å². The van der Waals surface area contributed by atoms with Crippen molar-refractivity contribution in [1.82, 2.24) is 4.98 Å². The number of aromatic nitrogens is 1. The Bertz CT molecular complexity index is 279. The van der Waals surface area contributed by atoms with Crippen molar-refractivity contribution in [2.45, 2.75) is 39.7 Å². The van der Waals surface area contributed by atoms with Crippen molar-refractivity contribution in [3.8, 4) is 0 Å². The number of aryl methyl sites for hydroxylation is 1. The fourth-order valence-electron chi connectivity index (χ4n) is 1.84. The molecule has 0 amide bonds. The van der Waals surface area contributed by atoms with Crippen molar-refractivity contribution in [1.29, 1.82) is 0 Å². The lowest BCUT2D eigenvalue weighted by molar-refractivity contribution is 0.405. The number of hydrogen-bond donors (Lipinski definition) is 1. The molecule has 0 bridgehead atoms. The number of rotatable bonds is 4. The van der Waals surface area contributed by atoms with Gasteiger partial charge in [0.1, 0.15) is 0 Å². The van der Waals surface area contributed by atoms with Crippen LogP contribution in [-0.4, -0.2) is 4.98 Å². The van der Waals surface area contributed by atoms with Crippen molar-refractivity contribution >= 4 is 0 Å². The van der Waals surface area contributed by atoms with Crippen LogP contribution in [0.2, 0.25) is 0 Å². The summed E-state index contributed by atoms with van der Waals surface area (Å²) in [5.41, 5.74) is 8.46. The maximum Gasteiger partial charge on any atom is 0.0375 e. The first-order valence-electron chi connectivity index (χ1n) is 5.37. The summed E-state index contributed by atoms with van der Waals surface area (Å²) in [5.74, 6) is 0.580. The standard InChI is InChI=1S/C12H20N2/c1-4-10(5-2)12(13)11-6-7-14-9(3)8-11/h6-8,10,12H,4-5,13H2,1-3H3. The minimum atomic E-state index is 0.159. The first-order valence-corrected chi connectivity index (χ1v) is 5.37. The van der Waals surface area contributed by atoms with Crippen LogP contribution in [0.25, 0.3) is 0 Å². The Hall–Kier alpha value is -0.890. The second-order valence-corrected chi connectivity index (χ2v) is 3.83. The Balaban J connectivity index is 2.82. The smallest absolute Gasteiger partial charge is 0.0375 e. The highest BCUT2D eigenvalue weighted by molar-refractivity contribution is 5.19. The predicted octanol–water partition coefficient (Wildman–Crippen LogP) is 2.83. The van der Waals surface area contributed by atoms with E-state index in [4.69, 9.17) is 5.73 Å². The monoisotopic (exact) mass is 192 g/mol. The third kappa shape index (κ3) is 2.55. The molecule has 2 nitrogen and oxygen atoms in total. The van der Waals surface area contributed by atoms with E-state index in [1.807, 2.05) is 19.2 Å². The molecule has 0 aliphatic heterocycles. The Morgan fingerprint density at radius 3 is 2.50 bits per heavy atom. The van der Waals surface area contributed by atoms with Crippen LogP contribution in [0, 0.1) is 12.8 Å². The number of pyridine rings is 1. The first-order chi connectivity index (χ1) is 6.69. The van der Waals surface area contributed by atoms with Gasteiger partial charge in [0, 0.05) is 17.9 Å². The summed E-state index contributed by atoms with van der Waals surface area (Å²) >= 11 is 0. The van der Waals surface area contributed by atoms with E-state index >= 15 is 0 Å². The Kier molecular flexibility index (Phi) is 4.08. The second-order valence-electron chi connectivity index (χ2n) is 3.83. The van der Waals surface area contributed by atoms with Gasteiger partial charge >= 0.3 is 0 Å². The first kappa shape index (κ1) is 11.2. The van der Waals surface area contributed by atoms with Crippen molar-refractivity contribution in [2.75, 3.05) is 0 Å². The van der Waals surface area contributed by atoms with Gasteiger partial charge in [0.15, 0.2) is 0 Å². The highest BCUT2D eigenvalue weighted by Gasteiger charge is 2.15. The third-order valence-corrected chi connectivity index (χ3v) is 2.86. The summed E-state index contributed by atoms with van der Waals surface area (Å²) in [4.78, 5) is 4.18. The van der Waals surface area contributed by atoms with Crippen molar-refractivity contribution in [2.24, 2.45) is 11.7 Å². The Morgan fingerprint density at radius 1 is 1.36 bits per heavy atom. The Morgan fingerprint density at radius 2 is 2.00 bits per heavy atom. The second kappa shape index (κ2) is 5.11. The van der Waals surface area contributed by atoms with E-state index < -0.39 is 0 Å². The van der Waals surface area contributed by atoms with Gasteiger partial charge in [-0.15, -0.1) is 0 Å². The van der Waals surface area contributed by atoms with Gasteiger partial charge in [-0.25, -0.2) is 0 Å². The molecule has 0 saturated heterocycles. The largest absolute Gasteiger partial charge is 0.324 e. The van der Waals surface area contributed by atoms with E-state index in [-0.39, 0.29) is 6.04 Å². The van der Waals surface area contributed by atoms with Gasteiger partial charge in [-0.2, -0.15) is 0 Å². The minimum Gasteiger partial charge on any atom is -0.324 e. The van der Waals surface area contributed by atoms with Crippen molar-refractivity contribution in [3.05, 3.63) is 29.6 Å². The summed E-state index contributed by atoms with van der Waals surface area (Å²) in [7, 11) is 0. The lowest BCUT2D eigenvalue weighted by atomic mass is 9.90. The number of hydrogen-bond acceptors (Lipinski definition) is 2. The van der Waals surface area contributed by atoms with E-state index in [0.717, 1.165) is 18.5 Å². The van der Waals surface area contributed by atoms with Gasteiger partial charge in [-0.3, -0.25) is 4.98 Å². The van der Waals surface area contributed by atoms with Crippen LogP contribution >= 0.6 is 0 Å². The normalized spacial score (nSPS) is 13.2. The van der Waals surface area contributed by atoms with Crippen molar-refractivity contribution in [3.63, 3.8) is 0 Å². The summed E-state index contributed by atoms with van der Waals surface area (Å²) < 4.78 is 0. The molecular weight excluding hydrogens is 172 g/mol. The maximum absolute atomic E-state index is 6.20. The molecule has 0 saturated carbocycles. The molecule has 1 atom stereocenters. The molecule has 0 fully saturated rings. The van der Waals surface area contributed by atoms with E-state index in [2.05, 4.69) is 24.9 Å². The highest BCUT2D eigenvalue weighted by atomic mass is 14.7. The molecule has 0 aliphatic rings. The van der Waals surface area contributed by atoms with Gasteiger partial charge in [0.2, 0.25) is 0 Å². The molecule has 78 valence electrons. The number of nitrogens with zero attached hydrogens (tertiary/aromatic N) is 1. The molecule has 2 N–H and O–H groups in total. The van der Waals surface area contributed by atoms with Gasteiger partial charge in [-0.05, 0) is 30.5 Å². The molecule has 1 aromatic rings. The van der Waals surface area contributed by atoms with Gasteiger partial charge < -0.3 is 5.73 Å². The third-order valence-electron chi connectivity index (χ3n) is 2.86. The van der Waals surface area contributed by atoms with Gasteiger partial charge in [-0.1, -0.05) is 26.7 Å². The molecule has 2 heteroatoms. The van der Waals surface area contributed by atoms with E-state index in [1.165, 1.54) is 5.56 Å². The lowest BCUT2D eigenvalue weighted by Crippen LogP contribution is -2.20. The molecular formula is C12H20N2. The Labute approximate surface area is 86.5 Å². The van der Waals surface area contributed by atoms with Crippen molar-refractivity contribution < 1.29 is 0 Å². The molecule has 0 spiro atoms. The van der Waals surface area contributed by atoms with E-state index in [0.29, 0.717) is 5.92 Å². The number of nitrogens with two attached hydrogens (primary N) is 1. The van der Waals surface area contributed by atoms with Crippen LogP contribution in [0.5, 0.6) is 0 Å². The van der Waals surface area contributed by atoms with Crippen LogP contribution in [0.4, 0.5) is 0 Å². The summed E-state index contributed by atoms with van der Waals surface area (Å²) in [6.45, 7) is 6.40. The SMILES string of the molecule is CCC(CC)C(N)c1ccnc(C)c1. The minimum absolute atomic E-state index is 0.159. The van der Waals surface area contributed by atoms with Crippen LogP contribution in [0.1, 0.15) is 44.0 Å². The molecule has 1 unspecified atom stereocenters. The molecule has 1 rings (SSSR count). The van der Waals surface area contributed by atoms with Crippen LogP contribution in [0.3, 0.4) is 0 Å². The average Bonchev–Trinajstić information content (AvgIpc) is 2.19. The molecule has 14 heavy (non-hydrogen) atoms. The molecule has 1 aromatic heterocycles. The highest BCUT2D eigenvalue weighted by Crippen LogP contribution is 2.24. The topological polar surface area (TPSA) is 38.9 Å². The maximum atomic E-state index is 6.20. The zero-order valence-electron chi connectivity index (χ0n) is 9.33.